The quantitative estimate of drug-likeness (QED) is 0.768. The maximum absolute atomic E-state index is 6.09. The summed E-state index contributed by atoms with van der Waals surface area (Å²) in [6.07, 6.45) is 0.982. The lowest BCUT2D eigenvalue weighted by molar-refractivity contribution is 0.593. The maximum Gasteiger partial charge on any atom is 0.0408 e. The summed E-state index contributed by atoms with van der Waals surface area (Å²) in [6, 6.07) is 16.6. The fourth-order valence-electron chi connectivity index (χ4n) is 2.37. The van der Waals surface area contributed by atoms with Crippen LogP contribution in [-0.4, -0.2) is 13.1 Å². The normalized spacial score (nSPS) is 12.3. The molecule has 1 unspecified atom stereocenters. The minimum absolute atomic E-state index is 0.434. The first-order valence-electron chi connectivity index (χ1n) is 6.90. The van der Waals surface area contributed by atoms with E-state index in [9.17, 15) is 0 Å². The molecule has 0 spiro atoms. The van der Waals surface area contributed by atoms with Gasteiger partial charge in [-0.3, -0.25) is 0 Å². The molecule has 2 rings (SSSR count). The Hall–Kier alpha value is -0.830. The van der Waals surface area contributed by atoms with Crippen LogP contribution in [0.1, 0.15) is 24.0 Å². The molecule has 2 aromatic rings. The zero-order valence-electron chi connectivity index (χ0n) is 11.6. The van der Waals surface area contributed by atoms with Crippen molar-refractivity contribution in [1.82, 2.24) is 5.32 Å². The summed E-state index contributed by atoms with van der Waals surface area (Å²) in [7, 11) is 0. The molecular weight excluding hydrogens is 334 g/mol. The molecule has 0 fully saturated rings. The van der Waals surface area contributed by atoms with Gasteiger partial charge in [-0.05, 0) is 42.3 Å². The van der Waals surface area contributed by atoms with Crippen molar-refractivity contribution in [3.63, 3.8) is 0 Å². The van der Waals surface area contributed by atoms with Gasteiger partial charge >= 0.3 is 0 Å². The Bertz CT molecular complexity index is 556. The second-order valence-electron chi connectivity index (χ2n) is 4.86. The van der Waals surface area contributed by atoms with E-state index in [2.05, 4.69) is 64.6 Å². The van der Waals surface area contributed by atoms with Crippen LogP contribution >= 0.6 is 27.5 Å². The second kappa shape index (κ2) is 7.82. The summed E-state index contributed by atoms with van der Waals surface area (Å²) in [5.41, 5.74) is 2.62. The first-order valence-corrected chi connectivity index (χ1v) is 8.07. The molecule has 0 radical (unpaired) electrons. The number of nitrogens with one attached hydrogen (secondary N) is 1. The molecule has 0 saturated carbocycles. The summed E-state index contributed by atoms with van der Waals surface area (Å²) < 4.78 is 1.17. The van der Waals surface area contributed by atoms with E-state index < -0.39 is 0 Å². The Morgan fingerprint density at radius 3 is 2.65 bits per heavy atom. The molecule has 106 valence electrons. The van der Waals surface area contributed by atoms with Crippen molar-refractivity contribution in [2.45, 2.75) is 19.3 Å². The van der Waals surface area contributed by atoms with Crippen LogP contribution in [0.3, 0.4) is 0 Å². The Labute approximate surface area is 134 Å². The van der Waals surface area contributed by atoms with E-state index in [0.29, 0.717) is 5.92 Å². The molecule has 0 aromatic heterocycles. The van der Waals surface area contributed by atoms with Gasteiger partial charge in [0.05, 0.1) is 0 Å². The van der Waals surface area contributed by atoms with Crippen molar-refractivity contribution in [2.24, 2.45) is 0 Å². The molecule has 0 heterocycles. The van der Waals surface area contributed by atoms with Gasteiger partial charge in [0, 0.05) is 22.0 Å². The molecule has 0 saturated heterocycles. The highest BCUT2D eigenvalue weighted by Gasteiger charge is 2.14. The van der Waals surface area contributed by atoms with Crippen LogP contribution in [0.25, 0.3) is 0 Å². The van der Waals surface area contributed by atoms with Crippen LogP contribution < -0.4 is 5.32 Å². The van der Waals surface area contributed by atoms with Crippen LogP contribution in [0.5, 0.6) is 0 Å². The van der Waals surface area contributed by atoms with Gasteiger partial charge in [-0.25, -0.2) is 0 Å². The predicted octanol–water partition coefficient (Wildman–Crippen LogP) is 5.04. The van der Waals surface area contributed by atoms with E-state index in [4.69, 9.17) is 11.6 Å². The highest BCUT2D eigenvalue weighted by atomic mass is 79.9. The summed E-state index contributed by atoms with van der Waals surface area (Å²) in [4.78, 5) is 0. The standard InChI is InChI=1S/C17H19BrClN/c1-2-20-12-14(16-8-3-4-9-17(16)18)10-13-6-5-7-15(19)11-13/h3-9,11,14,20H,2,10,12H2,1H3. The SMILES string of the molecule is CCNCC(Cc1cccc(Cl)c1)c1ccccc1Br. The van der Waals surface area contributed by atoms with E-state index in [1.165, 1.54) is 15.6 Å². The average molecular weight is 353 g/mol. The lowest BCUT2D eigenvalue weighted by Gasteiger charge is -2.19. The summed E-state index contributed by atoms with van der Waals surface area (Å²) in [5.74, 6) is 0.434. The number of hydrogen-bond donors (Lipinski definition) is 1. The largest absolute Gasteiger partial charge is 0.316 e. The first-order chi connectivity index (χ1) is 9.70. The third-order valence-electron chi connectivity index (χ3n) is 3.36. The van der Waals surface area contributed by atoms with Crippen molar-refractivity contribution < 1.29 is 0 Å². The first kappa shape index (κ1) is 15.6. The molecule has 20 heavy (non-hydrogen) atoms. The maximum atomic E-state index is 6.09. The number of hydrogen-bond acceptors (Lipinski definition) is 1. The Kier molecular flexibility index (Phi) is 6.08. The number of likely N-dealkylation sites (N-methyl/N-ethyl adjacent to an activating group) is 1. The fraction of sp³-hybridized carbons (Fsp3) is 0.294. The molecular formula is C17H19BrClN. The molecule has 0 aliphatic heterocycles. The van der Waals surface area contributed by atoms with Crippen molar-refractivity contribution in [3.05, 3.63) is 69.2 Å². The van der Waals surface area contributed by atoms with E-state index >= 15 is 0 Å². The van der Waals surface area contributed by atoms with Crippen molar-refractivity contribution >= 4 is 27.5 Å². The van der Waals surface area contributed by atoms with Crippen LogP contribution in [0.2, 0.25) is 5.02 Å². The van der Waals surface area contributed by atoms with E-state index in [0.717, 1.165) is 24.5 Å². The van der Waals surface area contributed by atoms with Crippen LogP contribution in [-0.2, 0) is 6.42 Å². The minimum Gasteiger partial charge on any atom is -0.316 e. The lowest BCUT2D eigenvalue weighted by atomic mass is 9.92. The smallest absolute Gasteiger partial charge is 0.0408 e. The second-order valence-corrected chi connectivity index (χ2v) is 6.15. The van der Waals surface area contributed by atoms with Crippen LogP contribution in [0, 0.1) is 0 Å². The Morgan fingerprint density at radius 1 is 1.15 bits per heavy atom. The van der Waals surface area contributed by atoms with Gasteiger partial charge in [-0.2, -0.15) is 0 Å². The monoisotopic (exact) mass is 351 g/mol. The molecule has 1 nitrogen and oxygen atoms in total. The molecule has 0 amide bonds. The fourth-order valence-corrected chi connectivity index (χ4v) is 3.19. The highest BCUT2D eigenvalue weighted by Crippen LogP contribution is 2.28. The average Bonchev–Trinajstić information content (AvgIpc) is 2.44. The Balaban J connectivity index is 2.22. The van der Waals surface area contributed by atoms with Gasteiger partial charge in [0.15, 0.2) is 0 Å². The summed E-state index contributed by atoms with van der Waals surface area (Å²) in [6.45, 7) is 4.08. The van der Waals surface area contributed by atoms with E-state index in [1.54, 1.807) is 0 Å². The molecule has 0 aliphatic rings. The van der Waals surface area contributed by atoms with Crippen LogP contribution in [0.4, 0.5) is 0 Å². The molecule has 3 heteroatoms. The topological polar surface area (TPSA) is 12.0 Å². The van der Waals surface area contributed by atoms with Crippen molar-refractivity contribution in [1.29, 1.82) is 0 Å². The highest BCUT2D eigenvalue weighted by molar-refractivity contribution is 9.10. The van der Waals surface area contributed by atoms with Gasteiger partial charge in [0.2, 0.25) is 0 Å². The van der Waals surface area contributed by atoms with Crippen LogP contribution in [0.15, 0.2) is 53.0 Å². The molecule has 2 aromatic carbocycles. The molecule has 0 bridgehead atoms. The van der Waals surface area contributed by atoms with Gasteiger partial charge in [-0.1, -0.05) is 64.8 Å². The third kappa shape index (κ3) is 4.34. The van der Waals surface area contributed by atoms with Gasteiger partial charge in [0.25, 0.3) is 0 Å². The van der Waals surface area contributed by atoms with Gasteiger partial charge < -0.3 is 5.32 Å². The molecule has 1 atom stereocenters. The summed E-state index contributed by atoms with van der Waals surface area (Å²) >= 11 is 9.75. The van der Waals surface area contributed by atoms with Crippen molar-refractivity contribution in [3.8, 4) is 0 Å². The minimum atomic E-state index is 0.434. The number of halogens is 2. The van der Waals surface area contributed by atoms with E-state index in [1.807, 2.05) is 12.1 Å². The zero-order chi connectivity index (χ0) is 14.4. The van der Waals surface area contributed by atoms with Crippen molar-refractivity contribution in [2.75, 3.05) is 13.1 Å². The number of rotatable bonds is 6. The third-order valence-corrected chi connectivity index (χ3v) is 4.31. The molecule has 0 aliphatic carbocycles. The summed E-state index contributed by atoms with van der Waals surface area (Å²) in [5, 5.41) is 4.26. The lowest BCUT2D eigenvalue weighted by Crippen LogP contribution is -2.23. The predicted molar refractivity (Wildman–Crippen MR) is 90.6 cm³/mol. The number of benzene rings is 2. The van der Waals surface area contributed by atoms with E-state index in [-0.39, 0.29) is 0 Å². The molecule has 1 N–H and O–H groups in total. The van der Waals surface area contributed by atoms with Gasteiger partial charge in [-0.15, -0.1) is 0 Å². The van der Waals surface area contributed by atoms with Gasteiger partial charge in [0.1, 0.15) is 0 Å². The Morgan fingerprint density at radius 2 is 1.95 bits per heavy atom. The zero-order valence-corrected chi connectivity index (χ0v) is 13.9.